The van der Waals surface area contributed by atoms with Crippen LogP contribution < -0.4 is 16.6 Å². The van der Waals surface area contributed by atoms with Gasteiger partial charge in [-0.1, -0.05) is 30.3 Å². The van der Waals surface area contributed by atoms with Crippen LogP contribution in [0.4, 0.5) is 5.69 Å². The van der Waals surface area contributed by atoms with E-state index >= 15 is 0 Å². The Balaban J connectivity index is 1.63. The number of aryl methyl sites for hydroxylation is 1. The molecule has 0 aliphatic carbocycles. The Labute approximate surface area is 157 Å². The molecule has 27 heavy (non-hydrogen) atoms. The maximum atomic E-state index is 12.3. The number of anilines is 1. The summed E-state index contributed by atoms with van der Waals surface area (Å²) in [5.41, 5.74) is 8.15. The van der Waals surface area contributed by atoms with E-state index in [2.05, 4.69) is 0 Å². The van der Waals surface area contributed by atoms with Gasteiger partial charge in [0.1, 0.15) is 5.84 Å². The van der Waals surface area contributed by atoms with Crippen molar-refractivity contribution in [3.05, 3.63) is 65.2 Å². The van der Waals surface area contributed by atoms with E-state index in [4.69, 9.17) is 21.7 Å². The van der Waals surface area contributed by atoms with E-state index in [1.54, 1.807) is 5.01 Å². The largest absolute Gasteiger partial charge is 0.389 e. The van der Waals surface area contributed by atoms with Crippen molar-refractivity contribution in [2.75, 3.05) is 5.01 Å². The highest BCUT2D eigenvalue weighted by Gasteiger charge is 2.26. The van der Waals surface area contributed by atoms with Crippen LogP contribution in [0.1, 0.15) is 40.7 Å². The maximum Gasteiger partial charge on any atom is 0.345 e. The third-order valence-corrected chi connectivity index (χ3v) is 4.69. The first-order valence-corrected chi connectivity index (χ1v) is 8.77. The van der Waals surface area contributed by atoms with Gasteiger partial charge in [0.25, 0.3) is 0 Å². The number of nitrogens with zero attached hydrogens (tertiary/aromatic N) is 1. The normalized spacial score (nSPS) is 16.2. The number of rotatable bonds is 4. The summed E-state index contributed by atoms with van der Waals surface area (Å²) in [7, 11) is 0. The lowest BCUT2D eigenvalue weighted by Gasteiger charge is -2.27. The van der Waals surface area contributed by atoms with E-state index in [1.165, 1.54) is 24.3 Å². The predicted molar refractivity (Wildman–Crippen MR) is 102 cm³/mol. The molecule has 0 fully saturated rings. The number of benzene rings is 2. The van der Waals surface area contributed by atoms with Gasteiger partial charge in [0, 0.05) is 5.56 Å². The first kappa shape index (κ1) is 18.6. The summed E-state index contributed by atoms with van der Waals surface area (Å²) in [6.45, 7) is 0. The van der Waals surface area contributed by atoms with E-state index in [0.29, 0.717) is 5.56 Å². The van der Waals surface area contributed by atoms with Crippen LogP contribution in [-0.2, 0) is 16.0 Å². The number of fused-ring (bicyclic) bond motifs is 1. The molecule has 1 heterocycles. The Hall–Kier alpha value is -3.19. The number of hydrogen-bond donors (Lipinski definition) is 3. The Bertz CT molecular complexity index is 864. The van der Waals surface area contributed by atoms with Gasteiger partial charge in [-0.2, -0.15) is 0 Å². The summed E-state index contributed by atoms with van der Waals surface area (Å²) in [5, 5.41) is 8.96. The standard InChI is InChI=1S/C20H22N4O3/c21-19(22)14-8-10-15(11-9-14)20(26)27-18(25)12-16-6-3-5-13-4-1-2-7-17(13)24(16)23/h1-2,4,7-11,16H,3,5-6,12,23H2,(H3,21,22). The van der Waals surface area contributed by atoms with Gasteiger partial charge >= 0.3 is 11.9 Å². The van der Waals surface area contributed by atoms with E-state index in [9.17, 15) is 9.59 Å². The molecule has 1 unspecified atom stereocenters. The summed E-state index contributed by atoms with van der Waals surface area (Å²) >= 11 is 0. The number of hydrazine groups is 1. The van der Waals surface area contributed by atoms with Gasteiger partial charge in [0.15, 0.2) is 0 Å². The Morgan fingerprint density at radius 2 is 1.78 bits per heavy atom. The molecule has 1 aliphatic heterocycles. The van der Waals surface area contributed by atoms with E-state index in [1.807, 2.05) is 24.3 Å². The second-order valence-electron chi connectivity index (χ2n) is 6.54. The number of carbonyl (C=O) groups excluding carboxylic acids is 2. The van der Waals surface area contributed by atoms with Crippen molar-refractivity contribution >= 4 is 23.5 Å². The lowest BCUT2D eigenvalue weighted by molar-refractivity contribution is -0.138. The van der Waals surface area contributed by atoms with Gasteiger partial charge in [-0.05, 0) is 43.0 Å². The number of nitrogens with one attached hydrogen (secondary N) is 1. The molecule has 7 nitrogen and oxygen atoms in total. The number of nitrogen functional groups attached to an aromatic ring is 1. The molecule has 2 aromatic rings. The highest BCUT2D eigenvalue weighted by Crippen LogP contribution is 2.28. The first-order chi connectivity index (χ1) is 13.0. The molecule has 0 saturated heterocycles. The van der Waals surface area contributed by atoms with Crippen LogP contribution in [0.3, 0.4) is 0 Å². The molecular formula is C20H22N4O3. The second-order valence-corrected chi connectivity index (χ2v) is 6.54. The van der Waals surface area contributed by atoms with E-state index < -0.39 is 11.9 Å². The summed E-state index contributed by atoms with van der Waals surface area (Å²) < 4.78 is 4.97. The van der Waals surface area contributed by atoms with E-state index in [0.717, 1.165) is 30.5 Å². The van der Waals surface area contributed by atoms with Crippen LogP contribution in [0.5, 0.6) is 0 Å². The van der Waals surface area contributed by atoms with Crippen molar-refractivity contribution in [2.45, 2.75) is 31.7 Å². The number of carbonyl (C=O) groups is 2. The molecule has 2 aromatic carbocycles. The number of nitrogens with two attached hydrogens (primary N) is 2. The summed E-state index contributed by atoms with van der Waals surface area (Å²) in [4.78, 5) is 24.4. The van der Waals surface area contributed by atoms with Gasteiger partial charge < -0.3 is 15.5 Å². The smallest absolute Gasteiger partial charge is 0.345 e. The van der Waals surface area contributed by atoms with Crippen LogP contribution in [-0.4, -0.2) is 23.8 Å². The zero-order valence-corrected chi connectivity index (χ0v) is 14.9. The molecule has 0 radical (unpaired) electrons. The maximum absolute atomic E-state index is 12.3. The van der Waals surface area contributed by atoms with Crippen LogP contribution in [0.2, 0.25) is 0 Å². The molecule has 1 aliphatic rings. The van der Waals surface area contributed by atoms with Crippen molar-refractivity contribution in [1.82, 2.24) is 0 Å². The lowest BCUT2D eigenvalue weighted by Crippen LogP contribution is -2.42. The first-order valence-electron chi connectivity index (χ1n) is 8.77. The number of hydrogen-bond acceptors (Lipinski definition) is 6. The van der Waals surface area contributed by atoms with Gasteiger partial charge in [-0.3, -0.25) is 10.2 Å². The predicted octanol–water partition coefficient (Wildman–Crippen LogP) is 2.13. The fourth-order valence-corrected chi connectivity index (χ4v) is 3.22. The molecule has 7 heteroatoms. The van der Waals surface area contributed by atoms with Gasteiger partial charge in [-0.15, -0.1) is 0 Å². The molecule has 140 valence electrons. The fraction of sp³-hybridized carbons (Fsp3) is 0.250. The minimum atomic E-state index is -0.729. The van der Waals surface area contributed by atoms with Gasteiger partial charge in [-0.25, -0.2) is 10.6 Å². The minimum absolute atomic E-state index is 0.0299. The molecule has 0 amide bonds. The van der Waals surface area contributed by atoms with Crippen molar-refractivity contribution in [3.8, 4) is 0 Å². The van der Waals surface area contributed by atoms with Gasteiger partial charge in [0.05, 0.1) is 23.7 Å². The minimum Gasteiger partial charge on any atom is -0.389 e. The van der Waals surface area contributed by atoms with Crippen LogP contribution >= 0.6 is 0 Å². The summed E-state index contributed by atoms with van der Waals surface area (Å²) in [6, 6.07) is 13.6. The quantitative estimate of drug-likeness (QED) is 0.250. The highest BCUT2D eigenvalue weighted by atomic mass is 16.6. The Morgan fingerprint density at radius 3 is 2.48 bits per heavy atom. The van der Waals surface area contributed by atoms with E-state index in [-0.39, 0.29) is 23.9 Å². The van der Waals surface area contributed by atoms with Crippen molar-refractivity contribution in [3.63, 3.8) is 0 Å². The number of para-hydroxylation sites is 1. The molecular weight excluding hydrogens is 344 g/mol. The molecule has 0 aromatic heterocycles. The van der Waals surface area contributed by atoms with Crippen molar-refractivity contribution in [2.24, 2.45) is 11.6 Å². The third-order valence-electron chi connectivity index (χ3n) is 4.69. The molecule has 0 spiro atoms. The van der Waals surface area contributed by atoms with Crippen LogP contribution in [0.25, 0.3) is 0 Å². The summed E-state index contributed by atoms with van der Waals surface area (Å²) in [5.74, 6) is 4.80. The average Bonchev–Trinajstić information content (AvgIpc) is 2.81. The monoisotopic (exact) mass is 366 g/mol. The number of esters is 2. The highest BCUT2D eigenvalue weighted by molar-refractivity contribution is 5.99. The zero-order chi connectivity index (χ0) is 19.4. The van der Waals surface area contributed by atoms with Crippen LogP contribution in [0.15, 0.2) is 48.5 Å². The molecule has 0 saturated carbocycles. The zero-order valence-electron chi connectivity index (χ0n) is 14.9. The van der Waals surface area contributed by atoms with Crippen LogP contribution in [0, 0.1) is 5.41 Å². The number of amidine groups is 1. The van der Waals surface area contributed by atoms with Crippen molar-refractivity contribution in [1.29, 1.82) is 5.41 Å². The topological polar surface area (TPSA) is 122 Å². The molecule has 5 N–H and O–H groups in total. The molecule has 3 rings (SSSR count). The third kappa shape index (κ3) is 4.32. The molecule has 1 atom stereocenters. The summed E-state index contributed by atoms with van der Waals surface area (Å²) in [6.07, 6.45) is 2.57. The average molecular weight is 366 g/mol. The fourth-order valence-electron chi connectivity index (χ4n) is 3.22. The Morgan fingerprint density at radius 1 is 1.11 bits per heavy atom. The SMILES string of the molecule is N=C(N)c1ccc(C(=O)OC(=O)CC2CCCc3ccccc3N2N)cc1. The number of ether oxygens (including phenoxy) is 1. The lowest BCUT2D eigenvalue weighted by atomic mass is 10.1. The second kappa shape index (κ2) is 8.01. The Kier molecular flexibility index (Phi) is 5.52. The molecule has 0 bridgehead atoms. The van der Waals surface area contributed by atoms with Gasteiger partial charge in [0.2, 0.25) is 0 Å². The van der Waals surface area contributed by atoms with Crippen molar-refractivity contribution < 1.29 is 14.3 Å².